The molecular formula is C19H15F2NO3. The monoisotopic (exact) mass is 343 g/mol. The van der Waals surface area contributed by atoms with E-state index in [1.807, 2.05) is 12.1 Å². The van der Waals surface area contributed by atoms with E-state index in [-0.39, 0.29) is 5.75 Å². The summed E-state index contributed by atoms with van der Waals surface area (Å²) < 4.78 is 42.6. The van der Waals surface area contributed by atoms with Crippen molar-refractivity contribution in [2.24, 2.45) is 0 Å². The Hall–Kier alpha value is -3.15. The molecule has 0 radical (unpaired) electrons. The third-order valence-corrected chi connectivity index (χ3v) is 3.14. The number of nitrogens with zero attached hydrogens (tertiary/aromatic N) is 1. The van der Waals surface area contributed by atoms with Crippen LogP contribution in [0.25, 0.3) is 0 Å². The lowest BCUT2D eigenvalue weighted by Crippen LogP contribution is -2.09. The van der Waals surface area contributed by atoms with Crippen molar-refractivity contribution in [1.82, 2.24) is 4.98 Å². The summed E-state index contributed by atoms with van der Waals surface area (Å²) in [4.78, 5) is 4.04. The van der Waals surface area contributed by atoms with E-state index in [1.165, 1.54) is 0 Å². The van der Waals surface area contributed by atoms with E-state index < -0.39 is 11.6 Å². The number of hydrogen-bond donors (Lipinski definition) is 0. The lowest BCUT2D eigenvalue weighted by atomic mass is 10.3. The molecule has 3 rings (SSSR count). The van der Waals surface area contributed by atoms with Gasteiger partial charge in [-0.05, 0) is 30.3 Å². The Labute approximate surface area is 143 Å². The highest BCUT2D eigenvalue weighted by atomic mass is 19.1. The smallest absolute Gasteiger partial charge is 0.213 e. The van der Waals surface area contributed by atoms with E-state index in [0.717, 1.165) is 18.2 Å². The standard InChI is InChI=1S/C19H15F2NO3/c20-14-11-15(21)13-18(12-14)25-17-6-4-16(5-7-17)23-9-10-24-19-3-1-2-8-22-19/h1-8,11-13H,9-10H2. The van der Waals surface area contributed by atoms with E-state index in [9.17, 15) is 8.78 Å². The molecule has 0 aliphatic carbocycles. The van der Waals surface area contributed by atoms with Gasteiger partial charge < -0.3 is 14.2 Å². The SMILES string of the molecule is Fc1cc(F)cc(Oc2ccc(OCCOc3ccccn3)cc2)c1. The van der Waals surface area contributed by atoms with Gasteiger partial charge in [-0.3, -0.25) is 0 Å². The molecule has 25 heavy (non-hydrogen) atoms. The van der Waals surface area contributed by atoms with Crippen LogP contribution >= 0.6 is 0 Å². The Bertz CT molecular complexity index is 790. The first-order valence-corrected chi connectivity index (χ1v) is 7.60. The zero-order valence-corrected chi connectivity index (χ0v) is 13.2. The molecule has 0 aliphatic heterocycles. The van der Waals surface area contributed by atoms with Crippen molar-refractivity contribution < 1.29 is 23.0 Å². The Morgan fingerprint density at radius 1 is 0.720 bits per heavy atom. The first-order valence-electron chi connectivity index (χ1n) is 7.60. The predicted octanol–water partition coefficient (Wildman–Crippen LogP) is 4.61. The topological polar surface area (TPSA) is 40.6 Å². The van der Waals surface area contributed by atoms with Crippen LogP contribution in [0.5, 0.6) is 23.1 Å². The third kappa shape index (κ3) is 5.17. The van der Waals surface area contributed by atoms with E-state index in [4.69, 9.17) is 14.2 Å². The van der Waals surface area contributed by atoms with Crippen molar-refractivity contribution in [3.05, 3.63) is 78.5 Å². The Morgan fingerprint density at radius 2 is 1.40 bits per heavy atom. The number of pyridine rings is 1. The largest absolute Gasteiger partial charge is 0.490 e. The average Bonchev–Trinajstić information content (AvgIpc) is 2.60. The molecule has 0 atom stereocenters. The summed E-state index contributed by atoms with van der Waals surface area (Å²) in [5.74, 6) is 0.322. The molecule has 0 fully saturated rings. The maximum Gasteiger partial charge on any atom is 0.213 e. The highest BCUT2D eigenvalue weighted by Crippen LogP contribution is 2.25. The summed E-state index contributed by atoms with van der Waals surface area (Å²) in [5.41, 5.74) is 0. The first kappa shape index (κ1) is 16.7. The summed E-state index contributed by atoms with van der Waals surface area (Å²) in [6, 6.07) is 15.1. The van der Waals surface area contributed by atoms with Crippen molar-refractivity contribution in [2.75, 3.05) is 13.2 Å². The second-order valence-electron chi connectivity index (χ2n) is 5.04. The van der Waals surface area contributed by atoms with Crippen LogP contribution in [0.3, 0.4) is 0 Å². The van der Waals surface area contributed by atoms with Crippen LogP contribution in [0.4, 0.5) is 8.78 Å². The molecule has 0 bridgehead atoms. The second-order valence-corrected chi connectivity index (χ2v) is 5.04. The Kier molecular flexibility index (Phi) is 5.41. The number of ether oxygens (including phenoxy) is 3. The molecule has 0 amide bonds. The average molecular weight is 343 g/mol. The number of benzene rings is 2. The van der Waals surface area contributed by atoms with Gasteiger partial charge >= 0.3 is 0 Å². The number of halogens is 2. The number of hydrogen-bond acceptors (Lipinski definition) is 4. The molecule has 0 saturated heterocycles. The molecule has 128 valence electrons. The van der Waals surface area contributed by atoms with Crippen LogP contribution in [0.1, 0.15) is 0 Å². The molecule has 1 aromatic heterocycles. The maximum absolute atomic E-state index is 13.1. The molecule has 0 saturated carbocycles. The summed E-state index contributed by atoms with van der Waals surface area (Å²) in [6.07, 6.45) is 1.65. The molecule has 0 spiro atoms. The zero-order chi connectivity index (χ0) is 17.5. The molecule has 6 heteroatoms. The lowest BCUT2D eigenvalue weighted by Gasteiger charge is -2.09. The van der Waals surface area contributed by atoms with Crippen LogP contribution < -0.4 is 14.2 Å². The fourth-order valence-electron chi connectivity index (χ4n) is 2.07. The van der Waals surface area contributed by atoms with E-state index in [2.05, 4.69) is 4.98 Å². The van der Waals surface area contributed by atoms with Crippen molar-refractivity contribution in [3.63, 3.8) is 0 Å². The molecule has 2 aromatic carbocycles. The van der Waals surface area contributed by atoms with Crippen LogP contribution in [0, 0.1) is 11.6 Å². The summed E-state index contributed by atoms with van der Waals surface area (Å²) >= 11 is 0. The Balaban J connectivity index is 1.48. The first-order chi connectivity index (χ1) is 12.2. The molecule has 0 aliphatic rings. The summed E-state index contributed by atoms with van der Waals surface area (Å²) in [7, 11) is 0. The zero-order valence-electron chi connectivity index (χ0n) is 13.2. The van der Waals surface area contributed by atoms with Gasteiger partial charge in [0.15, 0.2) is 0 Å². The lowest BCUT2D eigenvalue weighted by molar-refractivity contribution is 0.212. The fraction of sp³-hybridized carbons (Fsp3) is 0.105. The number of aromatic nitrogens is 1. The maximum atomic E-state index is 13.1. The Morgan fingerprint density at radius 3 is 2.08 bits per heavy atom. The van der Waals surface area contributed by atoms with Gasteiger partial charge in [0.2, 0.25) is 5.88 Å². The summed E-state index contributed by atoms with van der Waals surface area (Å²) in [6.45, 7) is 0.712. The summed E-state index contributed by atoms with van der Waals surface area (Å²) in [5, 5.41) is 0. The van der Waals surface area contributed by atoms with Crippen LogP contribution in [0.15, 0.2) is 66.9 Å². The minimum absolute atomic E-state index is 0.0925. The second kappa shape index (κ2) is 8.10. The van der Waals surface area contributed by atoms with Gasteiger partial charge in [-0.25, -0.2) is 13.8 Å². The van der Waals surface area contributed by atoms with Gasteiger partial charge in [0.1, 0.15) is 42.1 Å². The molecule has 1 heterocycles. The van der Waals surface area contributed by atoms with Crippen LogP contribution in [-0.2, 0) is 0 Å². The van der Waals surface area contributed by atoms with E-state index in [0.29, 0.717) is 30.6 Å². The highest BCUT2D eigenvalue weighted by molar-refractivity contribution is 5.35. The predicted molar refractivity (Wildman–Crippen MR) is 88.1 cm³/mol. The quantitative estimate of drug-likeness (QED) is 0.588. The van der Waals surface area contributed by atoms with E-state index in [1.54, 1.807) is 36.5 Å². The van der Waals surface area contributed by atoms with Crippen molar-refractivity contribution in [2.45, 2.75) is 0 Å². The van der Waals surface area contributed by atoms with Crippen molar-refractivity contribution in [3.8, 4) is 23.1 Å². The normalized spacial score (nSPS) is 10.3. The minimum Gasteiger partial charge on any atom is -0.490 e. The van der Waals surface area contributed by atoms with Crippen LogP contribution in [-0.4, -0.2) is 18.2 Å². The molecule has 0 N–H and O–H groups in total. The molecule has 3 aromatic rings. The van der Waals surface area contributed by atoms with Gasteiger partial charge in [-0.15, -0.1) is 0 Å². The highest BCUT2D eigenvalue weighted by Gasteiger charge is 2.03. The molecule has 0 unspecified atom stereocenters. The van der Waals surface area contributed by atoms with Gasteiger partial charge in [0, 0.05) is 30.5 Å². The number of rotatable bonds is 7. The van der Waals surface area contributed by atoms with E-state index >= 15 is 0 Å². The third-order valence-electron chi connectivity index (χ3n) is 3.14. The van der Waals surface area contributed by atoms with Gasteiger partial charge in [0.25, 0.3) is 0 Å². The van der Waals surface area contributed by atoms with Crippen LogP contribution in [0.2, 0.25) is 0 Å². The minimum atomic E-state index is -0.692. The van der Waals surface area contributed by atoms with Crippen molar-refractivity contribution >= 4 is 0 Å². The van der Waals surface area contributed by atoms with Gasteiger partial charge in [-0.1, -0.05) is 6.07 Å². The van der Waals surface area contributed by atoms with Crippen molar-refractivity contribution in [1.29, 1.82) is 0 Å². The molecule has 4 nitrogen and oxygen atoms in total. The fourth-order valence-corrected chi connectivity index (χ4v) is 2.07. The van der Waals surface area contributed by atoms with Gasteiger partial charge in [0.05, 0.1) is 0 Å². The van der Waals surface area contributed by atoms with Gasteiger partial charge in [-0.2, -0.15) is 0 Å². The molecular weight excluding hydrogens is 328 g/mol.